The SMILES string of the molecule is C[C@]1([C@H]2CC[C@@H]3O[C@H](COC(=O)c4cc([N+](=O)[O-])cc([N+](=O)[O-])c4)CC[C@H]3O2)O[C@@]2(C)CCCO[C@@H]2C[C@@H]1OC(=O)c1cc([N+](=O)[O-])cc([N+](=O)[O-])c1. The molecular weight excluding hydrogens is 708 g/mol. The lowest BCUT2D eigenvalue weighted by molar-refractivity contribution is -0.394. The molecule has 0 aliphatic carbocycles. The van der Waals surface area contributed by atoms with Gasteiger partial charge in [0.05, 0.1) is 79.1 Å². The lowest BCUT2D eigenvalue weighted by Gasteiger charge is -2.57. The van der Waals surface area contributed by atoms with Gasteiger partial charge in [0.15, 0.2) is 0 Å². The summed E-state index contributed by atoms with van der Waals surface area (Å²) in [5.74, 6) is -1.99. The third-order valence-corrected chi connectivity index (χ3v) is 10.4. The molecule has 0 bridgehead atoms. The number of non-ortho nitro benzene ring substituents is 4. The highest BCUT2D eigenvalue weighted by Crippen LogP contribution is 2.48. The Bertz CT molecular complexity index is 1780. The molecule has 0 radical (unpaired) electrons. The molecule has 4 fully saturated rings. The topological polar surface area (TPSA) is 262 Å². The van der Waals surface area contributed by atoms with Crippen LogP contribution in [-0.4, -0.2) is 92.7 Å². The van der Waals surface area contributed by atoms with Crippen LogP contribution in [0.1, 0.15) is 79.5 Å². The van der Waals surface area contributed by atoms with Gasteiger partial charge in [0, 0.05) is 37.3 Å². The molecule has 0 saturated carbocycles. The van der Waals surface area contributed by atoms with Crippen LogP contribution in [0.5, 0.6) is 0 Å². The summed E-state index contributed by atoms with van der Waals surface area (Å²) in [6.07, 6.45) is -0.101. The van der Waals surface area contributed by atoms with Crippen molar-refractivity contribution in [3.05, 3.63) is 88.0 Å². The molecule has 4 heterocycles. The summed E-state index contributed by atoms with van der Waals surface area (Å²) in [5.41, 5.74) is -5.25. The van der Waals surface area contributed by atoms with Crippen LogP contribution in [0.4, 0.5) is 22.7 Å². The van der Waals surface area contributed by atoms with Crippen LogP contribution < -0.4 is 0 Å². The quantitative estimate of drug-likeness (QED) is 0.178. The van der Waals surface area contributed by atoms with Crippen LogP contribution in [0.15, 0.2) is 36.4 Å². The Hall–Kier alpha value is -5.18. The van der Waals surface area contributed by atoms with Gasteiger partial charge < -0.3 is 28.4 Å². The molecule has 4 aliphatic heterocycles. The van der Waals surface area contributed by atoms with Crippen molar-refractivity contribution in [3.8, 4) is 0 Å². The van der Waals surface area contributed by atoms with E-state index in [1.165, 1.54) is 0 Å². The first-order chi connectivity index (χ1) is 25.1. The Morgan fingerprint density at radius 2 is 1.26 bits per heavy atom. The van der Waals surface area contributed by atoms with Crippen molar-refractivity contribution in [2.45, 2.75) is 107 Å². The van der Waals surface area contributed by atoms with Crippen molar-refractivity contribution in [3.63, 3.8) is 0 Å². The Morgan fingerprint density at radius 3 is 1.83 bits per heavy atom. The van der Waals surface area contributed by atoms with E-state index in [0.717, 1.165) is 42.8 Å². The monoisotopic (exact) mass is 744 g/mol. The fourth-order valence-electron chi connectivity index (χ4n) is 7.64. The number of carbonyl (C=O) groups excluding carboxylic acids is 2. The smallest absolute Gasteiger partial charge is 0.339 e. The van der Waals surface area contributed by atoms with E-state index >= 15 is 0 Å². The van der Waals surface area contributed by atoms with E-state index in [2.05, 4.69) is 0 Å². The predicted octanol–water partition coefficient (Wildman–Crippen LogP) is 4.91. The third kappa shape index (κ3) is 7.80. The maximum Gasteiger partial charge on any atom is 0.339 e. The van der Waals surface area contributed by atoms with Crippen LogP contribution in [0.25, 0.3) is 0 Å². The summed E-state index contributed by atoms with van der Waals surface area (Å²) in [5, 5.41) is 45.4. The molecule has 0 amide bonds. The van der Waals surface area contributed by atoms with E-state index < -0.39 is 102 Å². The highest BCUT2D eigenvalue weighted by atomic mass is 16.7. The highest BCUT2D eigenvalue weighted by molar-refractivity contribution is 5.91. The molecular formula is C33H36N4O16. The number of nitrogens with zero attached hydrogens (tertiary/aromatic N) is 4. The number of benzene rings is 2. The summed E-state index contributed by atoms with van der Waals surface area (Å²) in [6.45, 7) is 3.95. The number of ether oxygens (including phenoxy) is 6. The third-order valence-electron chi connectivity index (χ3n) is 10.4. The van der Waals surface area contributed by atoms with Gasteiger partial charge in [-0.25, -0.2) is 9.59 Å². The minimum Gasteiger partial charge on any atom is -0.459 e. The zero-order valence-corrected chi connectivity index (χ0v) is 28.6. The van der Waals surface area contributed by atoms with Gasteiger partial charge in [-0.05, 0) is 52.4 Å². The molecule has 20 heteroatoms. The average Bonchev–Trinajstić information content (AvgIpc) is 3.13. The number of rotatable bonds is 10. The molecule has 0 spiro atoms. The van der Waals surface area contributed by atoms with Gasteiger partial charge in [0.2, 0.25) is 0 Å². The largest absolute Gasteiger partial charge is 0.459 e. The summed E-state index contributed by atoms with van der Waals surface area (Å²) in [7, 11) is 0. The van der Waals surface area contributed by atoms with Crippen molar-refractivity contribution >= 4 is 34.7 Å². The van der Waals surface area contributed by atoms with Crippen LogP contribution in [-0.2, 0) is 28.4 Å². The molecule has 4 saturated heterocycles. The van der Waals surface area contributed by atoms with Gasteiger partial charge in [-0.2, -0.15) is 0 Å². The number of esters is 2. The molecule has 4 aliphatic rings. The second-order valence-corrected chi connectivity index (χ2v) is 13.9. The second kappa shape index (κ2) is 14.7. The number of fused-ring (bicyclic) bond motifs is 2. The summed E-state index contributed by atoms with van der Waals surface area (Å²) in [4.78, 5) is 68.3. The van der Waals surface area contributed by atoms with E-state index in [1.54, 1.807) is 6.92 Å². The molecule has 284 valence electrons. The van der Waals surface area contributed by atoms with Crippen LogP contribution in [0.2, 0.25) is 0 Å². The van der Waals surface area contributed by atoms with Crippen molar-refractivity contribution in [1.82, 2.24) is 0 Å². The van der Waals surface area contributed by atoms with Gasteiger partial charge >= 0.3 is 11.9 Å². The predicted molar refractivity (Wildman–Crippen MR) is 176 cm³/mol. The first-order valence-corrected chi connectivity index (χ1v) is 16.9. The first kappa shape index (κ1) is 37.6. The van der Waals surface area contributed by atoms with Gasteiger partial charge in [-0.15, -0.1) is 0 Å². The molecule has 0 N–H and O–H groups in total. The number of hydrogen-bond donors (Lipinski definition) is 0. The zero-order valence-electron chi connectivity index (χ0n) is 28.6. The minimum atomic E-state index is -1.24. The molecule has 2 aromatic rings. The molecule has 2 aromatic carbocycles. The molecule has 8 atom stereocenters. The molecule has 53 heavy (non-hydrogen) atoms. The van der Waals surface area contributed by atoms with Crippen molar-refractivity contribution in [1.29, 1.82) is 0 Å². The van der Waals surface area contributed by atoms with Gasteiger partial charge in [0.1, 0.15) is 18.3 Å². The van der Waals surface area contributed by atoms with E-state index in [0.29, 0.717) is 38.7 Å². The van der Waals surface area contributed by atoms with Crippen LogP contribution in [0, 0.1) is 40.5 Å². The Labute approximate surface area is 300 Å². The minimum absolute atomic E-state index is 0.210. The van der Waals surface area contributed by atoms with E-state index in [-0.39, 0.29) is 24.2 Å². The van der Waals surface area contributed by atoms with E-state index in [1.807, 2.05) is 6.92 Å². The Morgan fingerprint density at radius 1 is 0.736 bits per heavy atom. The normalized spacial score (nSPS) is 30.9. The van der Waals surface area contributed by atoms with Crippen LogP contribution in [0.3, 0.4) is 0 Å². The molecule has 0 aromatic heterocycles. The lowest BCUT2D eigenvalue weighted by atomic mass is 9.75. The number of nitro benzene ring substituents is 4. The maximum absolute atomic E-state index is 13.5. The molecule has 20 nitrogen and oxygen atoms in total. The number of hydrogen-bond acceptors (Lipinski definition) is 16. The summed E-state index contributed by atoms with van der Waals surface area (Å²) < 4.78 is 36.9. The fraction of sp³-hybridized carbons (Fsp3) is 0.576. The van der Waals surface area contributed by atoms with Crippen molar-refractivity contribution < 1.29 is 57.7 Å². The van der Waals surface area contributed by atoms with Gasteiger partial charge in [-0.3, -0.25) is 40.5 Å². The summed E-state index contributed by atoms with van der Waals surface area (Å²) >= 11 is 0. The molecule has 0 unspecified atom stereocenters. The number of carbonyl (C=O) groups is 2. The summed E-state index contributed by atoms with van der Waals surface area (Å²) in [6, 6.07) is 5.13. The van der Waals surface area contributed by atoms with Crippen molar-refractivity contribution in [2.75, 3.05) is 13.2 Å². The Balaban J connectivity index is 1.14. The van der Waals surface area contributed by atoms with E-state index in [9.17, 15) is 50.0 Å². The second-order valence-electron chi connectivity index (χ2n) is 13.9. The first-order valence-electron chi connectivity index (χ1n) is 16.9. The maximum atomic E-state index is 13.5. The molecule has 6 rings (SSSR count). The van der Waals surface area contributed by atoms with E-state index in [4.69, 9.17) is 28.4 Å². The lowest BCUT2D eigenvalue weighted by Crippen LogP contribution is -2.68. The average molecular weight is 745 g/mol. The zero-order chi connectivity index (χ0) is 38.2. The van der Waals surface area contributed by atoms with Crippen molar-refractivity contribution in [2.24, 2.45) is 0 Å². The number of nitro groups is 4. The standard InChI is InChI=1S/C33H36N4O16/c1-32-8-3-9-48-28(32)16-29(52-31(39)19-12-22(36(44)45)15-23(13-19)37(46)47)33(2,53-32)27-7-6-25-26(51-27)5-4-24(50-25)17-49-30(38)18-10-20(34(40)41)14-21(11-18)35(42)43/h10-15,24-29H,3-9,16-17H2,1-2H3/t24-,25-,26+,27+,28+,29-,32-,33+/m0/s1. The fourth-order valence-corrected chi connectivity index (χ4v) is 7.64. The van der Waals surface area contributed by atoms with Crippen LogP contribution >= 0.6 is 0 Å². The Kier molecular flexibility index (Phi) is 10.4. The van der Waals surface area contributed by atoms with Gasteiger partial charge in [-0.1, -0.05) is 0 Å². The highest BCUT2D eigenvalue weighted by Gasteiger charge is 2.59. The van der Waals surface area contributed by atoms with Gasteiger partial charge in [0.25, 0.3) is 22.7 Å².